The first-order valence-corrected chi connectivity index (χ1v) is 6.48. The number of nitrogens with one attached hydrogen (secondary N) is 1. The predicted molar refractivity (Wildman–Crippen MR) is 73.0 cm³/mol. The molecule has 1 aliphatic rings. The average Bonchev–Trinajstić information content (AvgIpc) is 2.86. The van der Waals surface area contributed by atoms with Gasteiger partial charge in [0.1, 0.15) is 0 Å². The van der Waals surface area contributed by atoms with Crippen LogP contribution >= 0.6 is 0 Å². The summed E-state index contributed by atoms with van der Waals surface area (Å²) in [5.74, 6) is 0. The summed E-state index contributed by atoms with van der Waals surface area (Å²) in [7, 11) is 0. The highest BCUT2D eigenvalue weighted by Gasteiger charge is 2.42. The molecule has 3 N–H and O–H groups in total. The summed E-state index contributed by atoms with van der Waals surface area (Å²) in [6, 6.07) is 7.24. The topological polar surface area (TPSA) is 72.8 Å². The van der Waals surface area contributed by atoms with Gasteiger partial charge in [0, 0.05) is 12.2 Å². The number of carbonyl (C=O) groups is 1. The molecule has 2 amide bonds. The summed E-state index contributed by atoms with van der Waals surface area (Å²) in [6.45, 7) is 2.10. The van der Waals surface area contributed by atoms with E-state index in [2.05, 4.69) is 5.32 Å². The summed E-state index contributed by atoms with van der Waals surface area (Å²) < 4.78 is 0. The van der Waals surface area contributed by atoms with Crippen LogP contribution in [0, 0.1) is 6.92 Å². The zero-order valence-electron chi connectivity index (χ0n) is 11.1. The van der Waals surface area contributed by atoms with Crippen molar-refractivity contribution in [2.45, 2.75) is 25.3 Å². The molecule has 0 aliphatic carbocycles. The Morgan fingerprint density at radius 3 is 2.53 bits per heavy atom. The molecule has 1 saturated heterocycles. The Bertz CT molecular complexity index is 441. The number of urea groups is 1. The molecule has 0 aromatic heterocycles. The molecule has 0 radical (unpaired) electrons. The van der Waals surface area contributed by atoms with Gasteiger partial charge in [0.2, 0.25) is 0 Å². The third-order valence-electron chi connectivity index (χ3n) is 3.73. The second-order valence-electron chi connectivity index (χ2n) is 5.09. The highest BCUT2D eigenvalue weighted by molar-refractivity contribution is 5.90. The van der Waals surface area contributed by atoms with Gasteiger partial charge in [-0.1, -0.05) is 17.7 Å². The molecular weight excluding hydrogens is 244 g/mol. The van der Waals surface area contributed by atoms with Gasteiger partial charge in [0.05, 0.1) is 18.8 Å². The van der Waals surface area contributed by atoms with Gasteiger partial charge in [0.15, 0.2) is 0 Å². The molecule has 1 aromatic carbocycles. The summed E-state index contributed by atoms with van der Waals surface area (Å²) in [6.07, 6.45) is 1.42. The molecule has 2 rings (SSSR count). The van der Waals surface area contributed by atoms with Gasteiger partial charge >= 0.3 is 6.03 Å². The monoisotopic (exact) mass is 264 g/mol. The molecule has 0 saturated carbocycles. The van der Waals surface area contributed by atoms with Crippen LogP contribution in [0.5, 0.6) is 0 Å². The van der Waals surface area contributed by atoms with E-state index in [4.69, 9.17) is 0 Å². The molecule has 1 fully saturated rings. The standard InChI is InChI=1S/C14H20N2O3/c1-11-3-5-12(6-4-11)15-13(19)16-8-2-7-14(16,9-17)10-18/h3-6,17-18H,2,7-10H2,1H3,(H,15,19). The van der Waals surface area contributed by atoms with E-state index in [1.807, 2.05) is 31.2 Å². The molecule has 5 heteroatoms. The zero-order valence-corrected chi connectivity index (χ0v) is 11.1. The Balaban J connectivity index is 2.09. The summed E-state index contributed by atoms with van der Waals surface area (Å²) >= 11 is 0. The van der Waals surface area contributed by atoms with Crippen molar-refractivity contribution in [2.75, 3.05) is 25.1 Å². The third-order valence-corrected chi connectivity index (χ3v) is 3.73. The molecule has 1 aliphatic heterocycles. The molecule has 104 valence electrons. The second kappa shape index (κ2) is 5.59. The number of benzene rings is 1. The van der Waals surface area contributed by atoms with Crippen molar-refractivity contribution >= 4 is 11.7 Å². The van der Waals surface area contributed by atoms with E-state index in [-0.39, 0.29) is 19.2 Å². The van der Waals surface area contributed by atoms with Crippen molar-refractivity contribution in [3.05, 3.63) is 29.8 Å². The molecule has 19 heavy (non-hydrogen) atoms. The summed E-state index contributed by atoms with van der Waals surface area (Å²) in [5, 5.41) is 21.7. The molecule has 0 atom stereocenters. The molecule has 0 spiro atoms. The SMILES string of the molecule is Cc1ccc(NC(=O)N2CCCC2(CO)CO)cc1. The van der Waals surface area contributed by atoms with Gasteiger partial charge < -0.3 is 20.4 Å². The van der Waals surface area contributed by atoms with Gasteiger partial charge in [-0.15, -0.1) is 0 Å². The quantitative estimate of drug-likeness (QED) is 0.771. The lowest BCUT2D eigenvalue weighted by Gasteiger charge is -2.35. The maximum Gasteiger partial charge on any atom is 0.322 e. The van der Waals surface area contributed by atoms with E-state index < -0.39 is 5.54 Å². The minimum atomic E-state index is -0.825. The minimum Gasteiger partial charge on any atom is -0.394 e. The smallest absolute Gasteiger partial charge is 0.322 e. The highest BCUT2D eigenvalue weighted by atomic mass is 16.3. The second-order valence-corrected chi connectivity index (χ2v) is 5.09. The predicted octanol–water partition coefficient (Wildman–Crippen LogP) is 1.35. The van der Waals surface area contributed by atoms with Crippen LogP contribution in [0.4, 0.5) is 10.5 Å². The Morgan fingerprint density at radius 1 is 1.32 bits per heavy atom. The molecule has 5 nitrogen and oxygen atoms in total. The number of anilines is 1. The maximum atomic E-state index is 12.2. The van der Waals surface area contributed by atoms with Crippen molar-refractivity contribution in [2.24, 2.45) is 0 Å². The maximum absolute atomic E-state index is 12.2. The van der Waals surface area contributed by atoms with Crippen molar-refractivity contribution in [3.8, 4) is 0 Å². The van der Waals surface area contributed by atoms with Gasteiger partial charge in [-0.05, 0) is 31.9 Å². The summed E-state index contributed by atoms with van der Waals surface area (Å²) in [5.41, 5.74) is 1.01. The molecular formula is C14H20N2O3. The van der Waals surface area contributed by atoms with E-state index >= 15 is 0 Å². The van der Waals surface area contributed by atoms with Gasteiger partial charge in [-0.25, -0.2) is 4.79 Å². The van der Waals surface area contributed by atoms with Crippen LogP contribution in [0.1, 0.15) is 18.4 Å². The lowest BCUT2D eigenvalue weighted by Crippen LogP contribution is -2.54. The average molecular weight is 264 g/mol. The number of aliphatic hydroxyl groups excluding tert-OH is 2. The van der Waals surface area contributed by atoms with Crippen molar-refractivity contribution < 1.29 is 15.0 Å². The molecule has 0 unspecified atom stereocenters. The van der Waals surface area contributed by atoms with Gasteiger partial charge in [-0.2, -0.15) is 0 Å². The molecule has 0 bridgehead atoms. The first kappa shape index (κ1) is 13.8. The third kappa shape index (κ3) is 2.72. The van der Waals surface area contributed by atoms with E-state index in [9.17, 15) is 15.0 Å². The van der Waals surface area contributed by atoms with Crippen molar-refractivity contribution in [3.63, 3.8) is 0 Å². The Hall–Kier alpha value is -1.59. The van der Waals surface area contributed by atoms with E-state index in [0.29, 0.717) is 18.7 Å². The lowest BCUT2D eigenvalue weighted by atomic mass is 9.99. The number of amides is 2. The Morgan fingerprint density at radius 2 is 1.95 bits per heavy atom. The fourth-order valence-corrected chi connectivity index (χ4v) is 2.46. The van der Waals surface area contributed by atoms with E-state index in [1.54, 1.807) is 0 Å². The van der Waals surface area contributed by atoms with Crippen LogP contribution in [0.3, 0.4) is 0 Å². The zero-order chi connectivity index (χ0) is 13.9. The minimum absolute atomic E-state index is 0.217. The largest absolute Gasteiger partial charge is 0.394 e. The first-order chi connectivity index (χ1) is 9.11. The fourth-order valence-electron chi connectivity index (χ4n) is 2.46. The number of hydrogen-bond donors (Lipinski definition) is 3. The Labute approximate surface area is 112 Å². The number of aliphatic hydroxyl groups is 2. The fraction of sp³-hybridized carbons (Fsp3) is 0.500. The number of likely N-dealkylation sites (tertiary alicyclic amines) is 1. The van der Waals surface area contributed by atoms with Gasteiger partial charge in [0.25, 0.3) is 0 Å². The number of carbonyl (C=O) groups excluding carboxylic acids is 1. The van der Waals surface area contributed by atoms with Crippen LogP contribution in [-0.4, -0.2) is 46.4 Å². The lowest BCUT2D eigenvalue weighted by molar-refractivity contribution is 0.0393. The van der Waals surface area contributed by atoms with Gasteiger partial charge in [-0.3, -0.25) is 0 Å². The van der Waals surface area contributed by atoms with Crippen LogP contribution in [0.15, 0.2) is 24.3 Å². The van der Waals surface area contributed by atoms with E-state index in [1.165, 1.54) is 4.90 Å². The number of hydrogen-bond acceptors (Lipinski definition) is 3. The first-order valence-electron chi connectivity index (χ1n) is 6.48. The number of nitrogens with zero attached hydrogens (tertiary/aromatic N) is 1. The number of aryl methyl sites for hydroxylation is 1. The van der Waals surface area contributed by atoms with Crippen LogP contribution < -0.4 is 5.32 Å². The highest BCUT2D eigenvalue weighted by Crippen LogP contribution is 2.29. The van der Waals surface area contributed by atoms with Crippen molar-refractivity contribution in [1.29, 1.82) is 0 Å². The van der Waals surface area contributed by atoms with Crippen LogP contribution in [0.2, 0.25) is 0 Å². The summed E-state index contributed by atoms with van der Waals surface area (Å²) in [4.78, 5) is 13.8. The number of rotatable bonds is 3. The molecule has 1 heterocycles. The van der Waals surface area contributed by atoms with Crippen LogP contribution in [-0.2, 0) is 0 Å². The van der Waals surface area contributed by atoms with Crippen molar-refractivity contribution in [1.82, 2.24) is 4.90 Å². The van der Waals surface area contributed by atoms with Crippen LogP contribution in [0.25, 0.3) is 0 Å². The van der Waals surface area contributed by atoms with E-state index in [0.717, 1.165) is 12.0 Å². The Kier molecular flexibility index (Phi) is 4.07. The molecule has 1 aromatic rings. The normalized spacial score (nSPS) is 17.5.